The number of allylic oxidation sites excluding steroid dienone is 1. The molecule has 0 aromatic carbocycles. The molecule has 2 aromatic rings. The summed E-state index contributed by atoms with van der Waals surface area (Å²) in [5.41, 5.74) is 7.03. The van der Waals surface area contributed by atoms with Crippen LogP contribution in [0.4, 0.5) is 5.69 Å². The normalized spacial score (nSPS) is 10.6. The number of carboxylic acid groups (broad SMARTS) is 1. The Balaban J connectivity index is 2.78. The van der Waals surface area contributed by atoms with Crippen molar-refractivity contribution in [1.29, 1.82) is 0 Å². The first-order valence-electron chi connectivity index (χ1n) is 5.02. The SMILES string of the molecule is C=CCn1ncc2c(N)c(C(=O)O)c(C)nc21. The second-order valence-electron chi connectivity index (χ2n) is 3.64. The zero-order chi connectivity index (χ0) is 12.6. The quantitative estimate of drug-likeness (QED) is 0.775. The van der Waals surface area contributed by atoms with Crippen LogP contribution in [0.15, 0.2) is 18.9 Å². The first-order valence-corrected chi connectivity index (χ1v) is 5.02. The number of aromatic nitrogens is 3. The number of aromatic carboxylic acids is 1. The highest BCUT2D eigenvalue weighted by Crippen LogP contribution is 2.25. The molecule has 6 heteroatoms. The van der Waals surface area contributed by atoms with Crippen molar-refractivity contribution in [3.05, 3.63) is 30.1 Å². The Kier molecular flexibility index (Phi) is 2.55. The topological polar surface area (TPSA) is 94.0 Å². The molecule has 0 saturated heterocycles. The average molecular weight is 232 g/mol. The highest BCUT2D eigenvalue weighted by atomic mass is 16.4. The van der Waals surface area contributed by atoms with E-state index in [0.29, 0.717) is 23.3 Å². The highest BCUT2D eigenvalue weighted by Gasteiger charge is 2.18. The van der Waals surface area contributed by atoms with Crippen LogP contribution in [-0.2, 0) is 6.54 Å². The van der Waals surface area contributed by atoms with E-state index >= 15 is 0 Å². The molecule has 0 fully saturated rings. The molecule has 88 valence electrons. The molecule has 0 aliphatic heterocycles. The Bertz CT molecular complexity index is 615. The monoisotopic (exact) mass is 232 g/mol. The minimum Gasteiger partial charge on any atom is -0.478 e. The molecule has 0 spiro atoms. The van der Waals surface area contributed by atoms with Gasteiger partial charge < -0.3 is 10.8 Å². The van der Waals surface area contributed by atoms with Gasteiger partial charge in [-0.05, 0) is 6.92 Å². The van der Waals surface area contributed by atoms with Crippen LogP contribution in [0.25, 0.3) is 11.0 Å². The zero-order valence-electron chi connectivity index (χ0n) is 9.34. The largest absolute Gasteiger partial charge is 0.478 e. The van der Waals surface area contributed by atoms with Gasteiger partial charge in [0.25, 0.3) is 0 Å². The summed E-state index contributed by atoms with van der Waals surface area (Å²) in [5, 5.41) is 13.7. The molecule has 0 amide bonds. The van der Waals surface area contributed by atoms with Crippen molar-refractivity contribution < 1.29 is 9.90 Å². The summed E-state index contributed by atoms with van der Waals surface area (Å²) in [6, 6.07) is 0. The van der Waals surface area contributed by atoms with Gasteiger partial charge in [-0.2, -0.15) is 5.10 Å². The Hall–Kier alpha value is -2.37. The molecule has 6 nitrogen and oxygen atoms in total. The number of rotatable bonds is 3. The summed E-state index contributed by atoms with van der Waals surface area (Å²) in [6.07, 6.45) is 3.21. The van der Waals surface area contributed by atoms with Crippen molar-refractivity contribution >= 4 is 22.7 Å². The molecule has 2 aromatic heterocycles. The molecular formula is C11H12N4O2. The van der Waals surface area contributed by atoms with Gasteiger partial charge in [-0.3, -0.25) is 0 Å². The van der Waals surface area contributed by atoms with Crippen LogP contribution in [0, 0.1) is 6.92 Å². The Morgan fingerprint density at radius 2 is 2.41 bits per heavy atom. The molecule has 0 unspecified atom stereocenters. The number of hydrogen-bond acceptors (Lipinski definition) is 4. The summed E-state index contributed by atoms with van der Waals surface area (Å²) in [6.45, 7) is 5.74. The van der Waals surface area contributed by atoms with Gasteiger partial charge in [0, 0.05) is 0 Å². The minimum absolute atomic E-state index is 0.0376. The minimum atomic E-state index is -1.08. The van der Waals surface area contributed by atoms with E-state index in [2.05, 4.69) is 16.7 Å². The van der Waals surface area contributed by atoms with Gasteiger partial charge in [0.05, 0.1) is 29.5 Å². The van der Waals surface area contributed by atoms with E-state index in [9.17, 15) is 4.79 Å². The predicted molar refractivity (Wildman–Crippen MR) is 63.8 cm³/mol. The van der Waals surface area contributed by atoms with Crippen LogP contribution in [-0.4, -0.2) is 25.8 Å². The lowest BCUT2D eigenvalue weighted by Crippen LogP contribution is -2.08. The second kappa shape index (κ2) is 3.89. The summed E-state index contributed by atoms with van der Waals surface area (Å²) >= 11 is 0. The smallest absolute Gasteiger partial charge is 0.339 e. The first kappa shape index (κ1) is 11.1. The van der Waals surface area contributed by atoms with Crippen molar-refractivity contribution in [2.75, 3.05) is 5.73 Å². The average Bonchev–Trinajstić information content (AvgIpc) is 2.62. The molecule has 0 radical (unpaired) electrons. The Morgan fingerprint density at radius 3 is 3.00 bits per heavy atom. The van der Waals surface area contributed by atoms with Gasteiger partial charge in [-0.25, -0.2) is 14.5 Å². The van der Waals surface area contributed by atoms with E-state index in [1.54, 1.807) is 17.7 Å². The number of nitrogens with zero attached hydrogens (tertiary/aromatic N) is 3. The van der Waals surface area contributed by atoms with E-state index < -0.39 is 5.97 Å². The Morgan fingerprint density at radius 1 is 1.71 bits per heavy atom. The van der Waals surface area contributed by atoms with E-state index in [4.69, 9.17) is 10.8 Å². The lowest BCUT2D eigenvalue weighted by atomic mass is 10.1. The third-order valence-corrected chi connectivity index (χ3v) is 2.52. The van der Waals surface area contributed by atoms with Crippen LogP contribution in [0.3, 0.4) is 0 Å². The molecule has 2 rings (SSSR count). The Labute approximate surface area is 97.4 Å². The van der Waals surface area contributed by atoms with E-state index in [1.165, 1.54) is 6.20 Å². The summed E-state index contributed by atoms with van der Waals surface area (Å²) in [5.74, 6) is -1.08. The number of nitrogens with two attached hydrogens (primary N) is 1. The molecule has 17 heavy (non-hydrogen) atoms. The van der Waals surface area contributed by atoms with Crippen LogP contribution in [0.2, 0.25) is 0 Å². The van der Waals surface area contributed by atoms with Crippen molar-refractivity contribution in [2.24, 2.45) is 0 Å². The maximum absolute atomic E-state index is 11.1. The molecule has 3 N–H and O–H groups in total. The van der Waals surface area contributed by atoms with Crippen molar-refractivity contribution in [2.45, 2.75) is 13.5 Å². The van der Waals surface area contributed by atoms with Gasteiger partial charge in [-0.1, -0.05) is 6.08 Å². The number of pyridine rings is 1. The maximum atomic E-state index is 11.1. The third-order valence-electron chi connectivity index (χ3n) is 2.52. The molecule has 0 aliphatic carbocycles. The van der Waals surface area contributed by atoms with Gasteiger partial charge >= 0.3 is 5.97 Å². The number of nitrogen functional groups attached to an aromatic ring is 1. The zero-order valence-corrected chi connectivity index (χ0v) is 9.34. The lowest BCUT2D eigenvalue weighted by Gasteiger charge is -2.06. The van der Waals surface area contributed by atoms with Crippen LogP contribution in [0.5, 0.6) is 0 Å². The van der Waals surface area contributed by atoms with E-state index in [0.717, 1.165) is 0 Å². The van der Waals surface area contributed by atoms with Crippen LogP contribution >= 0.6 is 0 Å². The van der Waals surface area contributed by atoms with Gasteiger partial charge in [0.15, 0.2) is 5.65 Å². The fourth-order valence-electron chi connectivity index (χ4n) is 1.76. The molecule has 0 atom stereocenters. The maximum Gasteiger partial charge on any atom is 0.339 e. The molecule has 0 saturated carbocycles. The lowest BCUT2D eigenvalue weighted by molar-refractivity contribution is 0.0697. The fourth-order valence-corrected chi connectivity index (χ4v) is 1.76. The van der Waals surface area contributed by atoms with Crippen molar-refractivity contribution in [3.63, 3.8) is 0 Å². The van der Waals surface area contributed by atoms with Gasteiger partial charge in [-0.15, -0.1) is 6.58 Å². The number of carboxylic acids is 1. The molecule has 0 aliphatic rings. The van der Waals surface area contributed by atoms with Gasteiger partial charge in [0.1, 0.15) is 5.56 Å². The highest BCUT2D eigenvalue weighted by molar-refractivity contribution is 6.03. The fraction of sp³-hybridized carbons (Fsp3) is 0.182. The number of aryl methyl sites for hydroxylation is 1. The van der Waals surface area contributed by atoms with Crippen molar-refractivity contribution in [3.8, 4) is 0 Å². The first-order chi connectivity index (χ1) is 8.06. The number of fused-ring (bicyclic) bond motifs is 1. The van der Waals surface area contributed by atoms with Crippen molar-refractivity contribution in [1.82, 2.24) is 14.8 Å². The van der Waals surface area contributed by atoms with Gasteiger partial charge in [0.2, 0.25) is 0 Å². The summed E-state index contributed by atoms with van der Waals surface area (Å²) in [4.78, 5) is 15.3. The molecule has 2 heterocycles. The van der Waals surface area contributed by atoms with Crippen LogP contribution < -0.4 is 5.73 Å². The van der Waals surface area contributed by atoms with Crippen LogP contribution in [0.1, 0.15) is 16.1 Å². The number of hydrogen-bond donors (Lipinski definition) is 2. The summed E-state index contributed by atoms with van der Waals surface area (Å²) in [7, 11) is 0. The predicted octanol–water partition coefficient (Wildman–Crippen LogP) is 1.21. The molecule has 0 bridgehead atoms. The standard InChI is InChI=1S/C11H12N4O2/c1-3-4-15-10-7(5-13-15)9(12)8(11(16)17)6(2)14-10/h3,5H,1,4H2,2H3,(H2,12,14)(H,16,17). The number of carbonyl (C=O) groups is 1. The van der Waals surface area contributed by atoms with E-state index in [-0.39, 0.29) is 11.3 Å². The third kappa shape index (κ3) is 1.63. The number of anilines is 1. The van der Waals surface area contributed by atoms with E-state index in [1.807, 2.05) is 0 Å². The summed E-state index contributed by atoms with van der Waals surface area (Å²) < 4.78 is 1.62. The molecular weight excluding hydrogens is 220 g/mol. The second-order valence-corrected chi connectivity index (χ2v) is 3.64.